The number of aromatic nitrogens is 1. The molecule has 1 aromatic heterocycles. The second-order valence-corrected chi connectivity index (χ2v) is 9.90. The van der Waals surface area contributed by atoms with Gasteiger partial charge in [0.2, 0.25) is 0 Å². The Balaban J connectivity index is 1.20. The monoisotopic (exact) mass is 459 g/mol. The molecule has 1 fully saturated rings. The van der Waals surface area contributed by atoms with E-state index in [-0.39, 0.29) is 20.3 Å². The van der Waals surface area contributed by atoms with Crippen molar-refractivity contribution >= 4 is 24.4 Å². The Labute approximate surface area is 178 Å². The molecule has 0 aliphatic carbocycles. The van der Waals surface area contributed by atoms with E-state index in [0.717, 1.165) is 69.8 Å². The van der Waals surface area contributed by atoms with Crippen LogP contribution in [0.4, 0.5) is 0 Å². The molecule has 1 aliphatic heterocycles. The van der Waals surface area contributed by atoms with E-state index in [4.69, 9.17) is 4.74 Å². The first-order chi connectivity index (χ1) is 14.2. The molecule has 3 aromatic rings. The first kappa shape index (κ1) is 20.4. The standard InChI is InChI=1S/C23H29N3O2Se/c1-28-20-9-10-22-21(17-20)23(27)26(29-22)12-6-5-11-24-13-15-25(16-14-24)18-19-7-3-2-4-8-19/h2-4,7-10,17H,5-6,11-16,18H2,1H3. The van der Waals surface area contributed by atoms with Crippen LogP contribution in [0.25, 0.3) is 9.65 Å². The molecule has 4 rings (SSSR count). The zero-order valence-corrected chi connectivity index (χ0v) is 18.8. The summed E-state index contributed by atoms with van der Waals surface area (Å²) in [6.07, 6.45) is 2.22. The Kier molecular flexibility index (Phi) is 6.88. The van der Waals surface area contributed by atoms with Gasteiger partial charge in [0, 0.05) is 0 Å². The van der Waals surface area contributed by atoms with Gasteiger partial charge >= 0.3 is 160 Å². The van der Waals surface area contributed by atoms with Crippen LogP contribution in [0.1, 0.15) is 18.4 Å². The number of hydrogen-bond acceptors (Lipinski definition) is 4. The van der Waals surface area contributed by atoms with Gasteiger partial charge in [-0.05, 0) is 0 Å². The van der Waals surface area contributed by atoms with Crippen molar-refractivity contribution in [2.75, 3.05) is 39.8 Å². The first-order valence-electron chi connectivity index (χ1n) is 10.4. The van der Waals surface area contributed by atoms with Gasteiger partial charge in [-0.25, -0.2) is 0 Å². The molecule has 29 heavy (non-hydrogen) atoms. The fourth-order valence-corrected chi connectivity index (χ4v) is 6.05. The molecule has 0 spiro atoms. The third kappa shape index (κ3) is 5.20. The second kappa shape index (κ2) is 9.77. The van der Waals surface area contributed by atoms with Crippen molar-refractivity contribution in [3.05, 3.63) is 64.4 Å². The normalized spacial score (nSPS) is 15.8. The maximum atomic E-state index is 12.6. The van der Waals surface area contributed by atoms with Crippen LogP contribution in [-0.4, -0.2) is 67.9 Å². The average molecular weight is 458 g/mol. The molecule has 0 atom stereocenters. The van der Waals surface area contributed by atoms with Crippen molar-refractivity contribution in [1.29, 1.82) is 0 Å². The van der Waals surface area contributed by atoms with E-state index in [9.17, 15) is 4.79 Å². The van der Waals surface area contributed by atoms with Crippen molar-refractivity contribution in [3.63, 3.8) is 0 Å². The summed E-state index contributed by atoms with van der Waals surface area (Å²) in [5, 5.41) is 0.832. The molecule has 0 unspecified atom stereocenters. The summed E-state index contributed by atoms with van der Waals surface area (Å²) in [6.45, 7) is 7.62. The van der Waals surface area contributed by atoms with Crippen LogP contribution in [0, 0.1) is 0 Å². The van der Waals surface area contributed by atoms with E-state index >= 15 is 0 Å². The number of rotatable bonds is 8. The van der Waals surface area contributed by atoms with Crippen LogP contribution in [0.5, 0.6) is 5.75 Å². The van der Waals surface area contributed by atoms with Gasteiger partial charge in [0.25, 0.3) is 0 Å². The topological polar surface area (TPSA) is 37.7 Å². The summed E-state index contributed by atoms with van der Waals surface area (Å²) in [5.41, 5.74) is 1.57. The first-order valence-corrected chi connectivity index (χ1v) is 12.0. The Hall–Kier alpha value is -1.85. The maximum absolute atomic E-state index is 12.6. The fraction of sp³-hybridized carbons (Fsp3) is 0.435. The van der Waals surface area contributed by atoms with Crippen LogP contribution in [0.15, 0.2) is 53.3 Å². The van der Waals surface area contributed by atoms with Crippen molar-refractivity contribution in [2.24, 2.45) is 0 Å². The van der Waals surface area contributed by atoms with Crippen LogP contribution < -0.4 is 10.3 Å². The third-order valence-electron chi connectivity index (χ3n) is 5.65. The van der Waals surface area contributed by atoms with E-state index in [1.807, 2.05) is 21.8 Å². The quantitative estimate of drug-likeness (QED) is 0.384. The van der Waals surface area contributed by atoms with Gasteiger partial charge in [0.15, 0.2) is 0 Å². The third-order valence-corrected chi connectivity index (χ3v) is 8.00. The van der Waals surface area contributed by atoms with Gasteiger partial charge in [0.1, 0.15) is 0 Å². The number of hydrogen-bond donors (Lipinski definition) is 0. The van der Waals surface area contributed by atoms with Gasteiger partial charge in [-0.2, -0.15) is 0 Å². The Bertz CT molecular complexity index is 975. The molecule has 2 heterocycles. The molecule has 0 N–H and O–H groups in total. The molecule has 6 heteroatoms. The van der Waals surface area contributed by atoms with Crippen LogP contribution in [0.2, 0.25) is 0 Å². The number of piperazine rings is 1. The molecule has 5 nitrogen and oxygen atoms in total. The summed E-state index contributed by atoms with van der Waals surface area (Å²) in [5.74, 6) is 0.765. The van der Waals surface area contributed by atoms with Gasteiger partial charge < -0.3 is 0 Å². The van der Waals surface area contributed by atoms with E-state index in [0.29, 0.717) is 0 Å². The number of unbranched alkanes of at least 4 members (excludes halogenated alkanes) is 1. The van der Waals surface area contributed by atoms with E-state index < -0.39 is 0 Å². The zero-order valence-electron chi connectivity index (χ0n) is 17.0. The van der Waals surface area contributed by atoms with Crippen LogP contribution >= 0.6 is 0 Å². The Morgan fingerprint density at radius 1 is 0.931 bits per heavy atom. The van der Waals surface area contributed by atoms with Gasteiger partial charge in [-0.15, -0.1) is 0 Å². The minimum atomic E-state index is 0.113. The number of fused-ring (bicyclic) bond motifs is 1. The SMILES string of the molecule is COc1ccc2[se]n(CCCCN3CCN(Cc4ccccc4)CC3)c(=O)c2c1. The van der Waals surface area contributed by atoms with Crippen molar-refractivity contribution < 1.29 is 4.74 Å². The van der Waals surface area contributed by atoms with Gasteiger partial charge in [-0.1, -0.05) is 18.2 Å². The Morgan fingerprint density at radius 2 is 1.66 bits per heavy atom. The molecule has 154 valence electrons. The molecule has 1 saturated heterocycles. The predicted molar refractivity (Wildman–Crippen MR) is 119 cm³/mol. The zero-order chi connectivity index (χ0) is 20.1. The summed E-state index contributed by atoms with van der Waals surface area (Å²) in [7, 11) is 1.64. The molecular formula is C23H29N3O2Se. The number of ether oxygens (including phenoxy) is 1. The molecule has 2 aromatic carbocycles. The van der Waals surface area contributed by atoms with Gasteiger partial charge in [0.05, 0.1) is 0 Å². The van der Waals surface area contributed by atoms with E-state index in [2.05, 4.69) is 40.1 Å². The predicted octanol–water partition coefficient (Wildman–Crippen LogP) is 2.67. The summed E-state index contributed by atoms with van der Waals surface area (Å²) >= 11 is 0.113. The molecular weight excluding hydrogens is 429 g/mol. The molecule has 0 radical (unpaired) electrons. The van der Waals surface area contributed by atoms with Crippen molar-refractivity contribution in [3.8, 4) is 5.75 Å². The number of benzene rings is 2. The molecule has 0 amide bonds. The van der Waals surface area contributed by atoms with Crippen molar-refractivity contribution in [2.45, 2.75) is 25.9 Å². The van der Waals surface area contributed by atoms with Crippen LogP contribution in [-0.2, 0) is 13.1 Å². The fourth-order valence-electron chi connectivity index (χ4n) is 3.93. The molecule has 0 saturated carbocycles. The summed E-state index contributed by atoms with van der Waals surface area (Å²) in [4.78, 5) is 17.7. The van der Waals surface area contributed by atoms with Crippen LogP contribution in [0.3, 0.4) is 0 Å². The Morgan fingerprint density at radius 3 is 2.41 bits per heavy atom. The molecule has 0 bridgehead atoms. The number of nitrogens with zero attached hydrogens (tertiary/aromatic N) is 3. The number of aryl methyl sites for hydroxylation is 1. The molecule has 1 aliphatic rings. The summed E-state index contributed by atoms with van der Waals surface area (Å²) in [6, 6.07) is 16.6. The van der Waals surface area contributed by atoms with Crippen molar-refractivity contribution in [1.82, 2.24) is 13.4 Å². The summed E-state index contributed by atoms with van der Waals surface area (Å²) < 4.78 is 8.47. The number of methoxy groups -OCH3 is 1. The van der Waals surface area contributed by atoms with E-state index in [1.165, 1.54) is 9.82 Å². The second-order valence-electron chi connectivity index (χ2n) is 7.67. The van der Waals surface area contributed by atoms with E-state index in [1.54, 1.807) is 7.11 Å². The minimum absolute atomic E-state index is 0.113. The van der Waals surface area contributed by atoms with Gasteiger partial charge in [-0.3, -0.25) is 0 Å². The average Bonchev–Trinajstić information content (AvgIpc) is 3.08.